The Morgan fingerprint density at radius 1 is 0.983 bits per heavy atom. The van der Waals surface area contributed by atoms with E-state index in [1.165, 1.54) is 28.8 Å². The third-order valence-electron chi connectivity index (χ3n) is 10.8. The van der Waals surface area contributed by atoms with Gasteiger partial charge in [-0.25, -0.2) is 18.1 Å². The Labute approximate surface area is 348 Å². The van der Waals surface area contributed by atoms with Crippen LogP contribution in [0.25, 0.3) is 16.5 Å². The first-order chi connectivity index (χ1) is 27.8. The molecule has 2 heterocycles. The number of ether oxygens (including phenoxy) is 2. The fourth-order valence-corrected chi connectivity index (χ4v) is 8.82. The van der Waals surface area contributed by atoms with Gasteiger partial charge in [-0.3, -0.25) is 9.89 Å². The van der Waals surface area contributed by atoms with Crippen molar-refractivity contribution in [1.29, 1.82) is 0 Å². The van der Waals surface area contributed by atoms with Gasteiger partial charge in [-0.05, 0) is 110 Å². The fraction of sp³-hybridized carbons (Fsp3) is 0.372. The number of hydrogen-bond acceptors (Lipinski definition) is 10. The van der Waals surface area contributed by atoms with Crippen molar-refractivity contribution in [3.05, 3.63) is 106 Å². The van der Waals surface area contributed by atoms with E-state index in [4.69, 9.17) is 32.7 Å². The lowest BCUT2D eigenvalue weighted by atomic mass is 9.72. The second kappa shape index (κ2) is 18.1. The summed E-state index contributed by atoms with van der Waals surface area (Å²) in [5, 5.41) is 25.2. The number of rotatable bonds is 15. The molecule has 0 atom stereocenters. The zero-order valence-corrected chi connectivity index (χ0v) is 34.8. The van der Waals surface area contributed by atoms with Gasteiger partial charge in [0.05, 0.1) is 41.6 Å². The molecule has 2 aliphatic carbocycles. The van der Waals surface area contributed by atoms with Crippen LogP contribution in [-0.2, 0) is 10.0 Å². The molecule has 0 spiro atoms. The molecule has 5 N–H and O–H groups in total. The SMILES string of the molecule is CC1(C)CCC(CNCCNc2ccc(C(=O)NS(=O)(=O)c3cnc(OC[C@H]4CC[C@H](O)CC4)c(Cl)c3)c(Oc3cccc4[nH]ncc34)c2)=C(c2ccc(Cl)cc2)C1. The van der Waals surface area contributed by atoms with Gasteiger partial charge >= 0.3 is 0 Å². The second-order valence-electron chi connectivity index (χ2n) is 15.8. The average Bonchev–Trinajstić information content (AvgIpc) is 3.69. The van der Waals surface area contributed by atoms with Crippen LogP contribution in [0, 0.1) is 11.3 Å². The average molecular weight is 848 g/mol. The van der Waals surface area contributed by atoms with E-state index in [-0.39, 0.29) is 44.5 Å². The molecule has 5 aromatic rings. The van der Waals surface area contributed by atoms with Crippen molar-refractivity contribution < 1.29 is 27.8 Å². The monoisotopic (exact) mass is 846 g/mol. The van der Waals surface area contributed by atoms with E-state index >= 15 is 0 Å². The number of pyridine rings is 1. The Morgan fingerprint density at radius 2 is 1.78 bits per heavy atom. The van der Waals surface area contributed by atoms with E-state index in [9.17, 15) is 18.3 Å². The Balaban J connectivity index is 1.03. The number of nitrogens with one attached hydrogen (secondary N) is 4. The highest BCUT2D eigenvalue weighted by Crippen LogP contribution is 2.43. The molecule has 12 nitrogen and oxygen atoms in total. The summed E-state index contributed by atoms with van der Waals surface area (Å²) in [5.74, 6) is -0.00115. The van der Waals surface area contributed by atoms with Crippen LogP contribution in [-0.4, -0.2) is 67.0 Å². The number of benzene rings is 3. The van der Waals surface area contributed by atoms with Gasteiger partial charge in [0.2, 0.25) is 5.88 Å². The largest absolute Gasteiger partial charge is 0.476 e. The van der Waals surface area contributed by atoms with Crippen LogP contribution in [0.4, 0.5) is 5.69 Å². The predicted octanol–water partition coefficient (Wildman–Crippen LogP) is 8.77. The first kappa shape index (κ1) is 41.5. The summed E-state index contributed by atoms with van der Waals surface area (Å²) in [7, 11) is -4.41. The number of fused-ring (bicyclic) bond motifs is 1. The summed E-state index contributed by atoms with van der Waals surface area (Å²) < 4.78 is 41.2. The van der Waals surface area contributed by atoms with Gasteiger partial charge in [-0.15, -0.1) is 0 Å². The molecule has 2 aromatic heterocycles. The minimum absolute atomic E-state index is 0.00488. The summed E-state index contributed by atoms with van der Waals surface area (Å²) in [6, 6.07) is 19.6. The first-order valence-electron chi connectivity index (χ1n) is 19.5. The highest BCUT2D eigenvalue weighted by molar-refractivity contribution is 7.90. The van der Waals surface area contributed by atoms with Crippen molar-refractivity contribution in [1.82, 2.24) is 25.2 Å². The number of hydrogen-bond donors (Lipinski definition) is 5. The van der Waals surface area contributed by atoms with Gasteiger partial charge in [0, 0.05) is 36.4 Å². The smallest absolute Gasteiger partial charge is 0.268 e. The predicted molar refractivity (Wildman–Crippen MR) is 227 cm³/mol. The molecule has 1 fully saturated rings. The molecule has 3 aromatic carbocycles. The van der Waals surface area contributed by atoms with Crippen molar-refractivity contribution in [3.8, 4) is 17.4 Å². The lowest BCUT2D eigenvalue weighted by molar-refractivity contribution is 0.0908. The van der Waals surface area contributed by atoms with Gasteiger partial charge < -0.3 is 25.2 Å². The number of carbonyl (C=O) groups excluding carboxylic acids is 1. The number of aromatic amines is 1. The van der Waals surface area contributed by atoms with Crippen LogP contribution in [0.5, 0.6) is 17.4 Å². The molecule has 0 radical (unpaired) electrons. The maximum Gasteiger partial charge on any atom is 0.268 e. The Morgan fingerprint density at radius 3 is 2.55 bits per heavy atom. The van der Waals surface area contributed by atoms with Crippen LogP contribution in [0.3, 0.4) is 0 Å². The number of aliphatic hydroxyl groups excluding tert-OH is 1. The van der Waals surface area contributed by atoms with Crippen molar-refractivity contribution in [2.24, 2.45) is 11.3 Å². The highest BCUT2D eigenvalue weighted by Gasteiger charge is 2.28. The van der Waals surface area contributed by atoms with Crippen molar-refractivity contribution in [3.63, 3.8) is 0 Å². The molecule has 0 aliphatic heterocycles. The number of amides is 1. The topological polar surface area (TPSA) is 168 Å². The number of halogens is 2. The van der Waals surface area contributed by atoms with E-state index in [1.807, 2.05) is 18.2 Å². The summed E-state index contributed by atoms with van der Waals surface area (Å²) in [5.41, 5.74) is 5.60. The minimum atomic E-state index is -4.41. The van der Waals surface area contributed by atoms with E-state index in [2.05, 4.69) is 56.5 Å². The number of anilines is 1. The van der Waals surface area contributed by atoms with Crippen LogP contribution in [0.1, 0.15) is 74.7 Å². The molecule has 1 saturated carbocycles. The van der Waals surface area contributed by atoms with Crippen molar-refractivity contribution >= 4 is 61.3 Å². The molecule has 15 heteroatoms. The summed E-state index contributed by atoms with van der Waals surface area (Å²) in [6.07, 6.45) is 8.63. The fourth-order valence-electron chi connectivity index (χ4n) is 7.48. The van der Waals surface area contributed by atoms with E-state index < -0.39 is 15.9 Å². The number of nitrogens with zero attached hydrogens (tertiary/aromatic N) is 2. The molecule has 7 rings (SSSR count). The molecule has 0 saturated heterocycles. The Kier molecular flexibility index (Phi) is 12.9. The molecular formula is C43H48Cl2N6O6S. The third kappa shape index (κ3) is 10.3. The second-order valence-corrected chi connectivity index (χ2v) is 18.3. The van der Waals surface area contributed by atoms with Crippen molar-refractivity contribution in [2.75, 3.05) is 31.6 Å². The van der Waals surface area contributed by atoms with Crippen LogP contribution >= 0.6 is 23.2 Å². The van der Waals surface area contributed by atoms with Crippen molar-refractivity contribution in [2.45, 2.75) is 69.8 Å². The van der Waals surface area contributed by atoms with Gasteiger partial charge in [0.15, 0.2) is 0 Å². The molecule has 0 bridgehead atoms. The van der Waals surface area contributed by atoms with Gasteiger partial charge in [-0.1, -0.05) is 60.8 Å². The van der Waals surface area contributed by atoms with E-state index in [0.717, 1.165) is 55.4 Å². The lowest BCUT2D eigenvalue weighted by Crippen LogP contribution is -2.31. The maximum atomic E-state index is 13.7. The molecule has 58 heavy (non-hydrogen) atoms. The van der Waals surface area contributed by atoms with Crippen LogP contribution in [0.2, 0.25) is 10.0 Å². The lowest BCUT2D eigenvalue weighted by Gasteiger charge is -2.34. The number of aromatic nitrogens is 3. The number of aliphatic hydroxyl groups is 1. The van der Waals surface area contributed by atoms with E-state index in [0.29, 0.717) is 49.4 Å². The number of H-pyrrole nitrogens is 1. The van der Waals surface area contributed by atoms with Gasteiger partial charge in [0.25, 0.3) is 15.9 Å². The van der Waals surface area contributed by atoms with E-state index in [1.54, 1.807) is 30.5 Å². The van der Waals surface area contributed by atoms with Gasteiger partial charge in [0.1, 0.15) is 21.4 Å². The summed E-state index contributed by atoms with van der Waals surface area (Å²) >= 11 is 12.6. The highest BCUT2D eigenvalue weighted by atomic mass is 35.5. The summed E-state index contributed by atoms with van der Waals surface area (Å²) in [4.78, 5) is 17.6. The molecule has 1 amide bonds. The number of carbonyl (C=O) groups is 1. The standard InChI is InChI=1S/C43H48Cl2N6O6S/c1-43(2)17-16-29(35(22-43)28-8-10-30(44)11-9-28)23-46-18-19-47-31-12-15-34(40(20-31)57-39-5-3-4-38-36(39)25-49-50-38)41(53)51-58(54,55)33-21-37(45)42(48-24-33)56-26-27-6-13-32(52)14-7-27/h3-5,8-12,15,20-21,24-25,27,32,46-47,52H,6-7,13-14,16-19,22-23,26H2,1-2H3,(H,49,50)(H,51,53)/t27-,32-. The molecule has 2 aliphatic rings. The number of allylic oxidation sites excluding steroid dienone is 1. The van der Waals surface area contributed by atoms with Gasteiger partial charge in [-0.2, -0.15) is 5.10 Å². The van der Waals surface area contributed by atoms with Crippen LogP contribution in [0.15, 0.2) is 89.6 Å². The molecular weight excluding hydrogens is 799 g/mol. The number of sulfonamides is 1. The quantitative estimate of drug-likeness (QED) is 0.0643. The third-order valence-corrected chi connectivity index (χ3v) is 12.7. The van der Waals surface area contributed by atoms with Crippen LogP contribution < -0.4 is 24.8 Å². The zero-order chi connectivity index (χ0) is 40.9. The Bertz CT molecular complexity index is 2390. The zero-order valence-electron chi connectivity index (χ0n) is 32.5. The first-order valence-corrected chi connectivity index (χ1v) is 21.8. The molecule has 0 unspecified atom stereocenters. The minimum Gasteiger partial charge on any atom is -0.476 e. The normalized spacial score (nSPS) is 18.2. The Hall–Kier alpha value is -4.66. The maximum absolute atomic E-state index is 13.7. The summed E-state index contributed by atoms with van der Waals surface area (Å²) in [6.45, 7) is 6.97. The molecule has 306 valence electrons.